The quantitative estimate of drug-likeness (QED) is 0.708. The van der Waals surface area contributed by atoms with Gasteiger partial charge >= 0.3 is 0 Å². The predicted molar refractivity (Wildman–Crippen MR) is 78.1 cm³/mol. The summed E-state index contributed by atoms with van der Waals surface area (Å²) in [6, 6.07) is 7.09. The van der Waals surface area contributed by atoms with Crippen molar-refractivity contribution in [2.24, 2.45) is 0 Å². The fourth-order valence-electron chi connectivity index (χ4n) is 2.20. The molecule has 18 heavy (non-hydrogen) atoms. The van der Waals surface area contributed by atoms with Crippen LogP contribution in [0.3, 0.4) is 0 Å². The third-order valence-corrected chi connectivity index (χ3v) is 3.16. The van der Waals surface area contributed by atoms with Gasteiger partial charge in [0.25, 0.3) is 0 Å². The molecule has 0 spiro atoms. The van der Waals surface area contributed by atoms with Gasteiger partial charge in [-0.3, -0.25) is 0 Å². The molecule has 1 rings (SSSR count). The molecular formula is C16H27NO. The largest absolute Gasteiger partial charge is 0.381 e. The highest BCUT2D eigenvalue weighted by molar-refractivity contribution is 5.33. The van der Waals surface area contributed by atoms with Crippen molar-refractivity contribution in [2.45, 2.75) is 46.6 Å². The van der Waals surface area contributed by atoms with E-state index in [2.05, 4.69) is 51.2 Å². The molecule has 0 aliphatic heterocycles. The van der Waals surface area contributed by atoms with E-state index in [-0.39, 0.29) is 0 Å². The van der Waals surface area contributed by atoms with E-state index in [0.29, 0.717) is 6.04 Å². The smallest absolute Gasteiger partial charge is 0.0484 e. The minimum absolute atomic E-state index is 0.409. The van der Waals surface area contributed by atoms with Gasteiger partial charge in [0.05, 0.1) is 0 Å². The zero-order valence-electron chi connectivity index (χ0n) is 12.3. The standard InChI is InChI=1S/C16H27NO/c1-5-10-18-11-9-16(17-6-2)15-12-13(3)7-8-14(15)4/h7-8,12,16-17H,5-6,9-11H2,1-4H3. The van der Waals surface area contributed by atoms with Gasteiger partial charge in [0.2, 0.25) is 0 Å². The molecule has 0 aliphatic carbocycles. The summed E-state index contributed by atoms with van der Waals surface area (Å²) in [6.07, 6.45) is 2.13. The van der Waals surface area contributed by atoms with Gasteiger partial charge in [-0.15, -0.1) is 0 Å². The van der Waals surface area contributed by atoms with Gasteiger partial charge in [-0.05, 0) is 44.4 Å². The van der Waals surface area contributed by atoms with E-state index in [4.69, 9.17) is 4.74 Å². The van der Waals surface area contributed by atoms with Gasteiger partial charge in [-0.1, -0.05) is 37.6 Å². The maximum absolute atomic E-state index is 5.61. The Balaban J connectivity index is 2.67. The van der Waals surface area contributed by atoms with Crippen molar-refractivity contribution in [2.75, 3.05) is 19.8 Å². The van der Waals surface area contributed by atoms with E-state index in [1.807, 2.05) is 0 Å². The topological polar surface area (TPSA) is 21.3 Å². The first kappa shape index (κ1) is 15.2. The summed E-state index contributed by atoms with van der Waals surface area (Å²) >= 11 is 0. The summed E-state index contributed by atoms with van der Waals surface area (Å²) in [5.41, 5.74) is 4.10. The van der Waals surface area contributed by atoms with Crippen molar-refractivity contribution >= 4 is 0 Å². The number of aryl methyl sites for hydroxylation is 2. The molecule has 0 aliphatic rings. The van der Waals surface area contributed by atoms with E-state index >= 15 is 0 Å². The Kier molecular flexibility index (Phi) is 6.99. The molecule has 2 nitrogen and oxygen atoms in total. The monoisotopic (exact) mass is 249 g/mol. The Morgan fingerprint density at radius 3 is 2.61 bits per heavy atom. The van der Waals surface area contributed by atoms with E-state index in [0.717, 1.165) is 32.6 Å². The molecule has 1 aromatic carbocycles. The minimum Gasteiger partial charge on any atom is -0.381 e. The Labute approximate surface area is 112 Å². The fraction of sp³-hybridized carbons (Fsp3) is 0.625. The minimum atomic E-state index is 0.409. The molecule has 0 heterocycles. The second-order valence-electron chi connectivity index (χ2n) is 4.87. The van der Waals surface area contributed by atoms with Crippen molar-refractivity contribution in [3.8, 4) is 0 Å². The third-order valence-electron chi connectivity index (χ3n) is 3.16. The van der Waals surface area contributed by atoms with Crippen LogP contribution in [0.15, 0.2) is 18.2 Å². The number of rotatable bonds is 8. The molecule has 0 fully saturated rings. The normalized spacial score (nSPS) is 12.7. The zero-order chi connectivity index (χ0) is 13.4. The summed E-state index contributed by atoms with van der Waals surface area (Å²) in [7, 11) is 0. The van der Waals surface area contributed by atoms with Crippen LogP contribution in [0.1, 0.15) is 49.4 Å². The maximum Gasteiger partial charge on any atom is 0.0484 e. The molecule has 0 saturated heterocycles. The number of hydrogen-bond acceptors (Lipinski definition) is 2. The highest BCUT2D eigenvalue weighted by atomic mass is 16.5. The van der Waals surface area contributed by atoms with Crippen molar-refractivity contribution < 1.29 is 4.74 Å². The Morgan fingerprint density at radius 1 is 1.17 bits per heavy atom. The molecule has 1 aromatic rings. The number of hydrogen-bond donors (Lipinski definition) is 1. The van der Waals surface area contributed by atoms with E-state index in [9.17, 15) is 0 Å². The summed E-state index contributed by atoms with van der Waals surface area (Å²) in [4.78, 5) is 0. The van der Waals surface area contributed by atoms with Crippen LogP contribution in [0, 0.1) is 13.8 Å². The number of benzene rings is 1. The molecule has 2 heteroatoms. The average molecular weight is 249 g/mol. The first-order valence-corrected chi connectivity index (χ1v) is 7.07. The summed E-state index contributed by atoms with van der Waals surface area (Å²) in [6.45, 7) is 11.3. The lowest BCUT2D eigenvalue weighted by Gasteiger charge is -2.21. The van der Waals surface area contributed by atoms with Gasteiger partial charge in [-0.2, -0.15) is 0 Å². The predicted octanol–water partition coefficient (Wildman–Crippen LogP) is 3.77. The highest BCUT2D eigenvalue weighted by Gasteiger charge is 2.12. The van der Waals surface area contributed by atoms with Crippen LogP contribution in [0.5, 0.6) is 0 Å². The van der Waals surface area contributed by atoms with Crippen molar-refractivity contribution in [1.82, 2.24) is 5.32 Å². The first-order valence-electron chi connectivity index (χ1n) is 7.07. The molecule has 102 valence electrons. The maximum atomic E-state index is 5.61. The zero-order valence-corrected chi connectivity index (χ0v) is 12.3. The van der Waals surface area contributed by atoms with Crippen LogP contribution >= 0.6 is 0 Å². The second kappa shape index (κ2) is 8.28. The summed E-state index contributed by atoms with van der Waals surface area (Å²) in [5, 5.41) is 3.56. The van der Waals surface area contributed by atoms with Gasteiger partial charge in [-0.25, -0.2) is 0 Å². The van der Waals surface area contributed by atoms with Crippen molar-refractivity contribution in [1.29, 1.82) is 0 Å². The van der Waals surface area contributed by atoms with Gasteiger partial charge in [0, 0.05) is 19.3 Å². The van der Waals surface area contributed by atoms with E-state index in [1.54, 1.807) is 0 Å². The Bertz CT molecular complexity index is 349. The van der Waals surface area contributed by atoms with Crippen LogP contribution in [0.4, 0.5) is 0 Å². The van der Waals surface area contributed by atoms with Crippen LogP contribution in [-0.4, -0.2) is 19.8 Å². The van der Waals surface area contributed by atoms with E-state index < -0.39 is 0 Å². The van der Waals surface area contributed by atoms with Gasteiger partial charge in [0.1, 0.15) is 0 Å². The first-order chi connectivity index (χ1) is 8.69. The molecule has 0 saturated carbocycles. The molecule has 0 amide bonds. The van der Waals surface area contributed by atoms with Gasteiger partial charge in [0.15, 0.2) is 0 Å². The molecule has 1 N–H and O–H groups in total. The number of ether oxygens (including phenoxy) is 1. The summed E-state index contributed by atoms with van der Waals surface area (Å²) < 4.78 is 5.61. The molecule has 1 unspecified atom stereocenters. The molecule has 1 atom stereocenters. The van der Waals surface area contributed by atoms with Crippen LogP contribution in [0.25, 0.3) is 0 Å². The van der Waals surface area contributed by atoms with Crippen LogP contribution in [0.2, 0.25) is 0 Å². The van der Waals surface area contributed by atoms with Gasteiger partial charge < -0.3 is 10.1 Å². The Morgan fingerprint density at radius 2 is 1.94 bits per heavy atom. The average Bonchev–Trinajstić information content (AvgIpc) is 2.36. The second-order valence-corrected chi connectivity index (χ2v) is 4.87. The lowest BCUT2D eigenvalue weighted by molar-refractivity contribution is 0.124. The van der Waals surface area contributed by atoms with Crippen molar-refractivity contribution in [3.63, 3.8) is 0 Å². The SMILES string of the molecule is CCCOCCC(NCC)c1cc(C)ccc1C. The Hall–Kier alpha value is -0.860. The molecular weight excluding hydrogens is 222 g/mol. The summed E-state index contributed by atoms with van der Waals surface area (Å²) in [5.74, 6) is 0. The van der Waals surface area contributed by atoms with E-state index in [1.165, 1.54) is 16.7 Å². The van der Waals surface area contributed by atoms with Crippen LogP contribution in [-0.2, 0) is 4.74 Å². The molecule has 0 aromatic heterocycles. The lowest BCUT2D eigenvalue weighted by Crippen LogP contribution is -2.23. The molecule has 0 bridgehead atoms. The lowest BCUT2D eigenvalue weighted by atomic mass is 9.97. The fourth-order valence-corrected chi connectivity index (χ4v) is 2.20. The molecule has 0 radical (unpaired) electrons. The highest BCUT2D eigenvalue weighted by Crippen LogP contribution is 2.22. The number of nitrogens with one attached hydrogen (secondary N) is 1. The third kappa shape index (κ3) is 4.79. The van der Waals surface area contributed by atoms with Crippen molar-refractivity contribution in [3.05, 3.63) is 34.9 Å². The van der Waals surface area contributed by atoms with Crippen LogP contribution < -0.4 is 5.32 Å².